The maximum atomic E-state index is 5.88. The molecule has 0 bridgehead atoms. The maximum absolute atomic E-state index is 5.88. The molecule has 1 nitrogen and oxygen atoms in total. The van der Waals surface area contributed by atoms with Crippen LogP contribution in [0.1, 0.15) is 19.3 Å². The highest BCUT2D eigenvalue weighted by Crippen LogP contribution is 2.30. The zero-order chi connectivity index (χ0) is 9.80. The molecule has 1 aliphatic rings. The molecule has 0 radical (unpaired) electrons. The molecule has 3 heteroatoms. The van der Waals surface area contributed by atoms with Gasteiger partial charge in [-0.2, -0.15) is 0 Å². The van der Waals surface area contributed by atoms with E-state index in [1.807, 2.05) is 11.8 Å². The minimum absolute atomic E-state index is 0. The fourth-order valence-corrected chi connectivity index (χ4v) is 3.08. The molecule has 0 unspecified atom stereocenters. The largest absolute Gasteiger partial charge is 0.328 e. The van der Waals surface area contributed by atoms with Crippen molar-refractivity contribution in [3.8, 4) is 0 Å². The highest BCUT2D eigenvalue weighted by Gasteiger charge is 2.21. The highest BCUT2D eigenvalue weighted by molar-refractivity contribution is 7.99. The Labute approximate surface area is 102 Å². The summed E-state index contributed by atoms with van der Waals surface area (Å²) >= 11 is 1.96. The van der Waals surface area contributed by atoms with E-state index in [9.17, 15) is 0 Å². The first-order chi connectivity index (χ1) is 6.84. The minimum Gasteiger partial charge on any atom is -0.328 e. The van der Waals surface area contributed by atoms with Crippen molar-refractivity contribution in [3.63, 3.8) is 0 Å². The van der Waals surface area contributed by atoms with Crippen molar-refractivity contribution >= 4 is 24.2 Å². The quantitative estimate of drug-likeness (QED) is 0.825. The molecule has 2 N–H and O–H groups in total. The molecular weight excluding hydrogens is 226 g/mol. The van der Waals surface area contributed by atoms with Crippen molar-refractivity contribution in [2.45, 2.75) is 30.2 Å². The SMILES string of the molecule is Cl.N[C@@H]1CC[C@H](CSc2ccccc2)C1. The lowest BCUT2D eigenvalue weighted by Gasteiger charge is -2.08. The maximum Gasteiger partial charge on any atom is 0.00720 e. The Hall–Kier alpha value is -0.180. The first-order valence-corrected chi connectivity index (χ1v) is 6.26. The predicted octanol–water partition coefficient (Wildman–Crippen LogP) is 3.33. The average molecular weight is 244 g/mol. The molecule has 1 saturated carbocycles. The average Bonchev–Trinajstić information content (AvgIpc) is 2.63. The van der Waals surface area contributed by atoms with E-state index < -0.39 is 0 Å². The number of nitrogens with two attached hydrogens (primary N) is 1. The second-order valence-corrected chi connectivity index (χ2v) is 5.16. The summed E-state index contributed by atoms with van der Waals surface area (Å²) in [6, 6.07) is 11.1. The van der Waals surface area contributed by atoms with Crippen LogP contribution in [0, 0.1) is 5.92 Å². The summed E-state index contributed by atoms with van der Waals surface area (Å²) in [5.41, 5.74) is 5.88. The van der Waals surface area contributed by atoms with Crippen molar-refractivity contribution < 1.29 is 0 Å². The summed E-state index contributed by atoms with van der Waals surface area (Å²) in [4.78, 5) is 1.38. The van der Waals surface area contributed by atoms with Crippen molar-refractivity contribution in [2.24, 2.45) is 11.7 Å². The van der Waals surface area contributed by atoms with Gasteiger partial charge in [0.1, 0.15) is 0 Å². The summed E-state index contributed by atoms with van der Waals surface area (Å²) in [5.74, 6) is 2.08. The molecule has 1 aliphatic carbocycles. The third-order valence-corrected chi connectivity index (χ3v) is 4.05. The lowest BCUT2D eigenvalue weighted by atomic mass is 10.1. The molecule has 15 heavy (non-hydrogen) atoms. The van der Waals surface area contributed by atoms with E-state index in [0.717, 1.165) is 5.92 Å². The Bertz CT molecular complexity index is 278. The van der Waals surface area contributed by atoms with Gasteiger partial charge in [0.05, 0.1) is 0 Å². The van der Waals surface area contributed by atoms with Crippen LogP contribution in [0.15, 0.2) is 35.2 Å². The van der Waals surface area contributed by atoms with Crippen LogP contribution in [0.25, 0.3) is 0 Å². The molecule has 0 aliphatic heterocycles. The van der Waals surface area contributed by atoms with Gasteiger partial charge in [-0.15, -0.1) is 24.2 Å². The molecule has 1 fully saturated rings. The number of hydrogen-bond donors (Lipinski definition) is 1. The van der Waals surface area contributed by atoms with Gasteiger partial charge < -0.3 is 5.73 Å². The van der Waals surface area contributed by atoms with Gasteiger partial charge in [-0.25, -0.2) is 0 Å². The van der Waals surface area contributed by atoms with Crippen LogP contribution in [-0.2, 0) is 0 Å². The van der Waals surface area contributed by atoms with Crippen LogP contribution in [-0.4, -0.2) is 11.8 Å². The fraction of sp³-hybridized carbons (Fsp3) is 0.500. The Balaban J connectivity index is 0.00000112. The standard InChI is InChI=1S/C12H17NS.ClH/c13-11-7-6-10(8-11)9-14-12-4-2-1-3-5-12;/h1-5,10-11H,6-9,13H2;1H/t10-,11+;/m0./s1. The van der Waals surface area contributed by atoms with Gasteiger partial charge in [-0.3, -0.25) is 0 Å². The monoisotopic (exact) mass is 243 g/mol. The van der Waals surface area contributed by atoms with E-state index in [0.29, 0.717) is 6.04 Å². The zero-order valence-electron chi connectivity index (χ0n) is 8.76. The minimum atomic E-state index is 0. The van der Waals surface area contributed by atoms with Gasteiger partial charge in [0.25, 0.3) is 0 Å². The molecule has 1 aromatic carbocycles. The Morgan fingerprint density at radius 3 is 2.53 bits per heavy atom. The number of rotatable bonds is 3. The van der Waals surface area contributed by atoms with E-state index in [1.165, 1.54) is 29.9 Å². The van der Waals surface area contributed by atoms with Gasteiger partial charge in [0, 0.05) is 16.7 Å². The number of thioether (sulfide) groups is 1. The van der Waals surface area contributed by atoms with Crippen molar-refractivity contribution in [3.05, 3.63) is 30.3 Å². The van der Waals surface area contributed by atoms with Gasteiger partial charge in [-0.1, -0.05) is 18.2 Å². The lowest BCUT2D eigenvalue weighted by molar-refractivity contribution is 0.603. The van der Waals surface area contributed by atoms with Crippen molar-refractivity contribution in [2.75, 3.05) is 5.75 Å². The van der Waals surface area contributed by atoms with Crippen LogP contribution in [0.3, 0.4) is 0 Å². The van der Waals surface area contributed by atoms with E-state index in [1.54, 1.807) is 0 Å². The van der Waals surface area contributed by atoms with E-state index in [4.69, 9.17) is 5.73 Å². The molecule has 2 rings (SSSR count). The zero-order valence-corrected chi connectivity index (χ0v) is 10.4. The predicted molar refractivity (Wildman–Crippen MR) is 69.7 cm³/mol. The second kappa shape index (κ2) is 6.41. The van der Waals surface area contributed by atoms with Gasteiger partial charge in [0.2, 0.25) is 0 Å². The van der Waals surface area contributed by atoms with Gasteiger partial charge in [0.15, 0.2) is 0 Å². The van der Waals surface area contributed by atoms with Gasteiger partial charge in [-0.05, 0) is 37.3 Å². The molecular formula is C12H18ClNS. The highest BCUT2D eigenvalue weighted by atomic mass is 35.5. The third kappa shape index (κ3) is 4.06. The summed E-state index contributed by atoms with van der Waals surface area (Å²) < 4.78 is 0. The molecule has 0 amide bonds. The Morgan fingerprint density at radius 1 is 1.20 bits per heavy atom. The molecule has 0 heterocycles. The summed E-state index contributed by atoms with van der Waals surface area (Å²) in [6.07, 6.45) is 3.76. The normalized spacial score (nSPS) is 24.9. The van der Waals surface area contributed by atoms with Crippen LogP contribution < -0.4 is 5.73 Å². The molecule has 0 aromatic heterocycles. The topological polar surface area (TPSA) is 26.0 Å². The van der Waals surface area contributed by atoms with Crippen molar-refractivity contribution in [1.82, 2.24) is 0 Å². The van der Waals surface area contributed by atoms with Crippen LogP contribution >= 0.6 is 24.2 Å². The lowest BCUT2D eigenvalue weighted by Crippen LogP contribution is -2.15. The first kappa shape index (κ1) is 12.9. The van der Waals surface area contributed by atoms with E-state index in [2.05, 4.69) is 30.3 Å². The third-order valence-electron chi connectivity index (χ3n) is 2.81. The second-order valence-electron chi connectivity index (χ2n) is 4.06. The molecule has 0 spiro atoms. The van der Waals surface area contributed by atoms with Crippen molar-refractivity contribution in [1.29, 1.82) is 0 Å². The summed E-state index contributed by atoms with van der Waals surface area (Å²) in [6.45, 7) is 0. The molecule has 84 valence electrons. The number of benzene rings is 1. The molecule has 2 atom stereocenters. The van der Waals surface area contributed by atoms with E-state index in [-0.39, 0.29) is 12.4 Å². The first-order valence-electron chi connectivity index (χ1n) is 5.28. The van der Waals surface area contributed by atoms with Crippen LogP contribution in [0.5, 0.6) is 0 Å². The molecule has 1 aromatic rings. The Morgan fingerprint density at radius 2 is 1.93 bits per heavy atom. The summed E-state index contributed by atoms with van der Waals surface area (Å²) in [5, 5.41) is 0. The smallest absolute Gasteiger partial charge is 0.00720 e. The molecule has 0 saturated heterocycles. The van der Waals surface area contributed by atoms with Gasteiger partial charge >= 0.3 is 0 Å². The fourth-order valence-electron chi connectivity index (χ4n) is 2.00. The summed E-state index contributed by atoms with van der Waals surface area (Å²) in [7, 11) is 0. The Kier molecular flexibility index (Phi) is 5.51. The van der Waals surface area contributed by atoms with E-state index >= 15 is 0 Å². The number of hydrogen-bond acceptors (Lipinski definition) is 2. The number of halogens is 1. The van der Waals surface area contributed by atoms with Crippen LogP contribution in [0.4, 0.5) is 0 Å². The van der Waals surface area contributed by atoms with Crippen LogP contribution in [0.2, 0.25) is 0 Å².